The molecular weight excluding hydrogens is 436 g/mol. The molecule has 0 aliphatic heterocycles. The number of hydrogen-bond acceptors (Lipinski definition) is 3. The van der Waals surface area contributed by atoms with E-state index in [4.69, 9.17) is 5.73 Å². The Morgan fingerprint density at radius 3 is 1.63 bits per heavy atom. The lowest BCUT2D eigenvalue weighted by Crippen LogP contribution is -1.86. The van der Waals surface area contributed by atoms with Crippen LogP contribution in [0.2, 0.25) is 0 Å². The van der Waals surface area contributed by atoms with Crippen molar-refractivity contribution in [3.05, 3.63) is 119 Å². The fraction of sp³-hybridized carbons (Fsp3) is 0.0345. The fourth-order valence-corrected chi connectivity index (χ4v) is 3.93. The van der Waals surface area contributed by atoms with E-state index in [1.807, 2.05) is 72.8 Å². The van der Waals surface area contributed by atoms with Gasteiger partial charge in [-0.15, -0.1) is 0 Å². The summed E-state index contributed by atoms with van der Waals surface area (Å²) in [6.45, 7) is 0. The molecule has 2 heterocycles. The number of aromatic nitrogens is 2. The molecule has 0 spiro atoms. The number of nitro groups is 1. The normalized spacial score (nSPS) is 10.4. The molecule has 6 rings (SSSR count). The summed E-state index contributed by atoms with van der Waals surface area (Å²) in [5.41, 5.74) is 13.0. The molecule has 0 saturated carbocycles. The van der Waals surface area contributed by atoms with Gasteiger partial charge in [-0.3, -0.25) is 10.1 Å². The average Bonchev–Trinajstić information content (AvgIpc) is 3.49. The minimum Gasteiger partial charge on any atom is -0.399 e. The maximum Gasteiger partial charge on any atom is 0.270 e. The van der Waals surface area contributed by atoms with Gasteiger partial charge in [0, 0.05) is 51.0 Å². The van der Waals surface area contributed by atoms with Gasteiger partial charge in [0.05, 0.1) is 4.92 Å². The number of nitrogens with two attached hydrogens (primary N) is 1. The Kier molecular flexibility index (Phi) is 6.64. The number of aromatic amines is 2. The van der Waals surface area contributed by atoms with Crippen LogP contribution in [0.5, 0.6) is 0 Å². The minimum atomic E-state index is -0.380. The fourth-order valence-electron chi connectivity index (χ4n) is 3.93. The third-order valence-electron chi connectivity index (χ3n) is 5.63. The summed E-state index contributed by atoms with van der Waals surface area (Å²) in [5, 5.41) is 12.7. The lowest BCUT2D eigenvalue weighted by molar-refractivity contribution is -0.384. The number of fused-ring (bicyclic) bond motifs is 2. The van der Waals surface area contributed by atoms with E-state index in [0.717, 1.165) is 44.4 Å². The Labute approximate surface area is 203 Å². The highest BCUT2D eigenvalue weighted by Gasteiger charge is 2.09. The van der Waals surface area contributed by atoms with E-state index in [1.54, 1.807) is 12.1 Å². The number of rotatable bonds is 3. The van der Waals surface area contributed by atoms with Crippen molar-refractivity contribution in [3.63, 3.8) is 0 Å². The molecule has 6 nitrogen and oxygen atoms in total. The first-order valence-corrected chi connectivity index (χ1v) is 10.8. The van der Waals surface area contributed by atoms with Crippen LogP contribution in [0, 0.1) is 10.1 Å². The number of benzene rings is 4. The predicted octanol–water partition coefficient (Wildman–Crippen LogP) is 7.80. The summed E-state index contributed by atoms with van der Waals surface area (Å²) in [7, 11) is 0. The maximum atomic E-state index is 10.7. The molecule has 0 aliphatic carbocycles. The highest BCUT2D eigenvalue weighted by atomic mass is 16.6. The molecule has 0 amide bonds. The van der Waals surface area contributed by atoms with Gasteiger partial charge < -0.3 is 15.7 Å². The van der Waals surface area contributed by atoms with E-state index in [9.17, 15) is 10.1 Å². The van der Waals surface area contributed by atoms with Crippen LogP contribution in [0.1, 0.15) is 7.43 Å². The summed E-state index contributed by atoms with van der Waals surface area (Å²) in [6, 6.07) is 34.9. The van der Waals surface area contributed by atoms with Crippen LogP contribution in [-0.4, -0.2) is 14.9 Å². The Bertz CT molecular complexity index is 1590. The van der Waals surface area contributed by atoms with E-state index in [-0.39, 0.29) is 18.0 Å². The van der Waals surface area contributed by atoms with E-state index in [0.29, 0.717) is 0 Å². The molecule has 0 atom stereocenters. The molecule has 2 aromatic heterocycles. The first-order chi connectivity index (χ1) is 16.6. The summed E-state index contributed by atoms with van der Waals surface area (Å²) in [6.07, 6.45) is 0. The quantitative estimate of drug-likeness (QED) is 0.142. The van der Waals surface area contributed by atoms with Gasteiger partial charge in [0.2, 0.25) is 0 Å². The molecule has 35 heavy (non-hydrogen) atoms. The van der Waals surface area contributed by atoms with Gasteiger partial charge in [0.25, 0.3) is 5.69 Å². The first kappa shape index (κ1) is 23.3. The van der Waals surface area contributed by atoms with E-state index in [2.05, 4.69) is 28.2 Å². The Hall–Kier alpha value is -4.84. The second kappa shape index (κ2) is 9.97. The lowest BCUT2D eigenvalue weighted by atomic mass is 10.1. The van der Waals surface area contributed by atoms with Crippen LogP contribution in [-0.2, 0) is 0 Å². The molecule has 0 unspecified atom stereocenters. The lowest BCUT2D eigenvalue weighted by Gasteiger charge is -1.95. The molecule has 6 aromatic rings. The van der Waals surface area contributed by atoms with Gasteiger partial charge in [-0.2, -0.15) is 0 Å². The molecule has 0 radical (unpaired) electrons. The van der Waals surface area contributed by atoms with Crippen molar-refractivity contribution in [2.75, 3.05) is 5.73 Å². The zero-order valence-corrected chi connectivity index (χ0v) is 18.2. The zero-order valence-electron chi connectivity index (χ0n) is 18.2. The van der Waals surface area contributed by atoms with Crippen molar-refractivity contribution in [2.45, 2.75) is 7.43 Å². The minimum absolute atomic E-state index is 0. The van der Waals surface area contributed by atoms with Crippen LogP contribution in [0.25, 0.3) is 44.3 Å². The maximum absolute atomic E-state index is 10.7. The van der Waals surface area contributed by atoms with Crippen molar-refractivity contribution >= 4 is 33.2 Å². The molecule has 0 aliphatic rings. The number of hydrogen-bond donors (Lipinski definition) is 3. The van der Waals surface area contributed by atoms with E-state index >= 15 is 0 Å². The number of H-pyrrole nitrogens is 2. The Balaban J connectivity index is 0.000000161. The summed E-state index contributed by atoms with van der Waals surface area (Å²) < 4.78 is 0. The number of anilines is 1. The molecule has 0 fully saturated rings. The van der Waals surface area contributed by atoms with Gasteiger partial charge in [-0.05, 0) is 47.5 Å². The van der Waals surface area contributed by atoms with Crippen molar-refractivity contribution in [1.82, 2.24) is 9.97 Å². The highest BCUT2D eigenvalue weighted by Crippen LogP contribution is 2.27. The van der Waals surface area contributed by atoms with Crippen LogP contribution < -0.4 is 5.73 Å². The van der Waals surface area contributed by atoms with Gasteiger partial charge in [0.1, 0.15) is 0 Å². The van der Waals surface area contributed by atoms with Crippen molar-refractivity contribution in [3.8, 4) is 22.5 Å². The topological polar surface area (TPSA) is 101 Å². The number of nitrogen functional groups attached to an aromatic ring is 1. The van der Waals surface area contributed by atoms with Crippen LogP contribution >= 0.6 is 0 Å². The van der Waals surface area contributed by atoms with Gasteiger partial charge >= 0.3 is 0 Å². The summed E-state index contributed by atoms with van der Waals surface area (Å²) >= 11 is 0. The summed E-state index contributed by atoms with van der Waals surface area (Å²) in [4.78, 5) is 17.0. The van der Waals surface area contributed by atoms with Crippen LogP contribution in [0.4, 0.5) is 11.4 Å². The van der Waals surface area contributed by atoms with E-state index < -0.39 is 0 Å². The predicted molar refractivity (Wildman–Crippen MR) is 145 cm³/mol. The third-order valence-corrected chi connectivity index (χ3v) is 5.63. The standard InChI is InChI=1S/C14H10N2O2.C14H12N2.CH4/c17-16(18)12-6-7-13-11(8-12)9-14(15-13)10-4-2-1-3-5-10;15-12-6-7-13-11(8-12)9-14(16-13)10-4-2-1-3-5-10;/h1-9,15H;1-9,16H,15H2;1H4. The molecular formula is C29H26N4O2. The zero-order chi connectivity index (χ0) is 23.5. The second-order valence-corrected chi connectivity index (χ2v) is 7.97. The number of nitro benzene ring substituents is 1. The first-order valence-electron chi connectivity index (χ1n) is 10.8. The van der Waals surface area contributed by atoms with Crippen LogP contribution in [0.15, 0.2) is 109 Å². The summed E-state index contributed by atoms with van der Waals surface area (Å²) in [5.74, 6) is 0. The van der Waals surface area contributed by atoms with Crippen molar-refractivity contribution < 1.29 is 4.92 Å². The number of nitrogens with one attached hydrogen (secondary N) is 2. The molecule has 6 heteroatoms. The number of nitrogens with zero attached hydrogens (tertiary/aromatic N) is 1. The SMILES string of the molecule is C.Nc1ccc2[nH]c(-c3ccccc3)cc2c1.O=[N+]([O-])c1ccc2[nH]c(-c3ccccc3)cc2c1. The van der Waals surface area contributed by atoms with Crippen molar-refractivity contribution in [2.24, 2.45) is 0 Å². The average molecular weight is 463 g/mol. The van der Waals surface area contributed by atoms with Gasteiger partial charge in [-0.25, -0.2) is 0 Å². The molecule has 4 aromatic carbocycles. The second-order valence-electron chi connectivity index (χ2n) is 7.97. The van der Waals surface area contributed by atoms with Crippen LogP contribution in [0.3, 0.4) is 0 Å². The molecule has 174 valence electrons. The monoisotopic (exact) mass is 462 g/mol. The molecule has 4 N–H and O–H groups in total. The highest BCUT2D eigenvalue weighted by molar-refractivity contribution is 5.88. The van der Waals surface area contributed by atoms with Gasteiger partial charge in [-0.1, -0.05) is 68.1 Å². The molecule has 0 saturated heterocycles. The van der Waals surface area contributed by atoms with Crippen molar-refractivity contribution in [1.29, 1.82) is 0 Å². The Morgan fingerprint density at radius 2 is 1.11 bits per heavy atom. The van der Waals surface area contributed by atoms with E-state index in [1.165, 1.54) is 11.6 Å². The van der Waals surface area contributed by atoms with Gasteiger partial charge in [0.15, 0.2) is 0 Å². The number of non-ortho nitro benzene ring substituents is 1. The Morgan fingerprint density at radius 1 is 0.629 bits per heavy atom. The third kappa shape index (κ3) is 5.07. The largest absolute Gasteiger partial charge is 0.399 e. The smallest absolute Gasteiger partial charge is 0.270 e. The molecule has 0 bridgehead atoms.